The molecule has 1 saturated heterocycles. The summed E-state index contributed by atoms with van der Waals surface area (Å²) in [4.78, 5) is 49.8. The van der Waals surface area contributed by atoms with Gasteiger partial charge in [0.1, 0.15) is 0 Å². The minimum atomic E-state index is -0.914. The summed E-state index contributed by atoms with van der Waals surface area (Å²) in [5.41, 5.74) is 4.00. The lowest BCUT2D eigenvalue weighted by Gasteiger charge is -2.32. The minimum absolute atomic E-state index is 0.0286. The highest BCUT2D eigenvalue weighted by atomic mass is 16.2. The van der Waals surface area contributed by atoms with Gasteiger partial charge in [-0.15, -0.1) is 0 Å². The molecule has 27 heavy (non-hydrogen) atoms. The fourth-order valence-electron chi connectivity index (χ4n) is 2.55. The standard InChI is InChI=1S/C18H23N5O4/c1-13-4-3-5-15(10-13)19-17(26)18(27)21-20-14(2)11-16(25)23-8-6-22(12-24)7-9-23/h3-5,10,12H,6-9,11H2,1-2H3,(H,19,26)(H,21,27)/b20-14+. The first-order valence-corrected chi connectivity index (χ1v) is 8.57. The zero-order valence-corrected chi connectivity index (χ0v) is 15.4. The van der Waals surface area contributed by atoms with Crippen molar-refractivity contribution in [2.75, 3.05) is 31.5 Å². The summed E-state index contributed by atoms with van der Waals surface area (Å²) in [7, 11) is 0. The normalized spacial score (nSPS) is 14.5. The van der Waals surface area contributed by atoms with E-state index in [0.29, 0.717) is 37.6 Å². The number of hydrogen-bond acceptors (Lipinski definition) is 5. The highest BCUT2D eigenvalue weighted by Gasteiger charge is 2.20. The third-order valence-corrected chi connectivity index (χ3v) is 4.05. The summed E-state index contributed by atoms with van der Waals surface area (Å²) < 4.78 is 0. The van der Waals surface area contributed by atoms with Crippen LogP contribution in [0.3, 0.4) is 0 Å². The molecule has 1 aliphatic rings. The molecule has 144 valence electrons. The Morgan fingerprint density at radius 3 is 2.48 bits per heavy atom. The van der Waals surface area contributed by atoms with E-state index >= 15 is 0 Å². The number of benzene rings is 1. The van der Waals surface area contributed by atoms with E-state index in [1.165, 1.54) is 0 Å². The second-order valence-electron chi connectivity index (χ2n) is 6.31. The van der Waals surface area contributed by atoms with Gasteiger partial charge in [-0.25, -0.2) is 5.43 Å². The van der Waals surface area contributed by atoms with Crippen LogP contribution in [0.15, 0.2) is 29.4 Å². The van der Waals surface area contributed by atoms with Gasteiger partial charge in [0.2, 0.25) is 12.3 Å². The Kier molecular flexibility index (Phi) is 7.04. The number of nitrogens with zero attached hydrogens (tertiary/aromatic N) is 3. The zero-order valence-electron chi connectivity index (χ0n) is 15.4. The monoisotopic (exact) mass is 373 g/mol. The van der Waals surface area contributed by atoms with E-state index in [-0.39, 0.29) is 12.3 Å². The molecule has 9 heteroatoms. The number of hydrazone groups is 1. The number of anilines is 1. The van der Waals surface area contributed by atoms with E-state index in [9.17, 15) is 19.2 Å². The van der Waals surface area contributed by atoms with Crippen LogP contribution in [0.4, 0.5) is 5.69 Å². The molecule has 0 aromatic heterocycles. The third-order valence-electron chi connectivity index (χ3n) is 4.05. The molecular weight excluding hydrogens is 350 g/mol. The smallest absolute Gasteiger partial charge is 0.329 e. The fourth-order valence-corrected chi connectivity index (χ4v) is 2.55. The molecule has 1 aromatic rings. The summed E-state index contributed by atoms with van der Waals surface area (Å²) >= 11 is 0. The minimum Gasteiger partial charge on any atom is -0.342 e. The van der Waals surface area contributed by atoms with Crippen molar-refractivity contribution in [3.05, 3.63) is 29.8 Å². The molecule has 2 rings (SSSR count). The fraction of sp³-hybridized carbons (Fsp3) is 0.389. The summed E-state index contributed by atoms with van der Waals surface area (Å²) in [6, 6.07) is 7.06. The van der Waals surface area contributed by atoms with E-state index in [1.54, 1.807) is 34.9 Å². The van der Waals surface area contributed by atoms with Crippen LogP contribution in [0.5, 0.6) is 0 Å². The van der Waals surface area contributed by atoms with E-state index in [4.69, 9.17) is 0 Å². The predicted octanol–water partition coefficient (Wildman–Crippen LogP) is 0.116. The average Bonchev–Trinajstić information content (AvgIpc) is 2.66. The summed E-state index contributed by atoms with van der Waals surface area (Å²) in [5.74, 6) is -1.89. The van der Waals surface area contributed by atoms with Gasteiger partial charge in [-0.2, -0.15) is 5.10 Å². The van der Waals surface area contributed by atoms with Crippen LogP contribution in [0.2, 0.25) is 0 Å². The molecule has 0 aliphatic carbocycles. The van der Waals surface area contributed by atoms with Crippen LogP contribution >= 0.6 is 0 Å². The van der Waals surface area contributed by atoms with Crippen molar-refractivity contribution in [2.45, 2.75) is 20.3 Å². The molecule has 1 heterocycles. The average molecular weight is 373 g/mol. The van der Waals surface area contributed by atoms with E-state index in [1.807, 2.05) is 13.0 Å². The molecule has 0 spiro atoms. The van der Waals surface area contributed by atoms with Crippen LogP contribution in [-0.4, -0.2) is 65.8 Å². The molecule has 0 unspecified atom stereocenters. The molecular formula is C18H23N5O4. The Morgan fingerprint density at radius 1 is 1.15 bits per heavy atom. The SMILES string of the molecule is C/C(CC(=O)N1CCN(C=O)CC1)=N\NC(=O)C(=O)Nc1cccc(C)c1. The molecule has 0 radical (unpaired) electrons. The number of amides is 4. The maximum absolute atomic E-state index is 12.2. The molecule has 0 bridgehead atoms. The summed E-state index contributed by atoms with van der Waals surface area (Å²) in [6.45, 7) is 5.41. The Labute approximate surface area is 157 Å². The summed E-state index contributed by atoms with van der Waals surface area (Å²) in [5, 5.41) is 6.29. The number of piperazine rings is 1. The maximum atomic E-state index is 12.2. The van der Waals surface area contributed by atoms with Gasteiger partial charge in [0.15, 0.2) is 0 Å². The number of carbonyl (C=O) groups excluding carboxylic acids is 4. The van der Waals surface area contributed by atoms with Gasteiger partial charge in [-0.05, 0) is 31.5 Å². The second-order valence-corrected chi connectivity index (χ2v) is 6.31. The van der Waals surface area contributed by atoms with Gasteiger partial charge in [0.25, 0.3) is 0 Å². The van der Waals surface area contributed by atoms with Crippen LogP contribution in [0, 0.1) is 6.92 Å². The van der Waals surface area contributed by atoms with Gasteiger partial charge in [-0.3, -0.25) is 19.2 Å². The third kappa shape index (κ3) is 6.21. The molecule has 4 amide bonds. The molecule has 2 N–H and O–H groups in total. The van der Waals surface area contributed by atoms with E-state index in [2.05, 4.69) is 15.8 Å². The number of nitrogens with one attached hydrogen (secondary N) is 2. The highest BCUT2D eigenvalue weighted by Crippen LogP contribution is 2.09. The van der Waals surface area contributed by atoms with Gasteiger partial charge < -0.3 is 15.1 Å². The lowest BCUT2D eigenvalue weighted by molar-refractivity contribution is -0.136. The number of hydrogen-bond donors (Lipinski definition) is 2. The predicted molar refractivity (Wildman–Crippen MR) is 99.9 cm³/mol. The Bertz CT molecular complexity index is 754. The lowest BCUT2D eigenvalue weighted by Crippen LogP contribution is -2.48. The van der Waals surface area contributed by atoms with Gasteiger partial charge >= 0.3 is 11.8 Å². The van der Waals surface area contributed by atoms with Crippen LogP contribution in [0.1, 0.15) is 18.9 Å². The van der Waals surface area contributed by atoms with Crippen LogP contribution < -0.4 is 10.7 Å². The van der Waals surface area contributed by atoms with E-state index < -0.39 is 11.8 Å². The number of rotatable bonds is 5. The number of aryl methyl sites for hydroxylation is 1. The first-order valence-electron chi connectivity index (χ1n) is 8.57. The quantitative estimate of drug-likeness (QED) is 0.330. The summed E-state index contributed by atoms with van der Waals surface area (Å²) in [6.07, 6.45) is 0.798. The molecule has 0 saturated carbocycles. The first-order chi connectivity index (χ1) is 12.9. The second kappa shape index (κ2) is 9.46. The molecule has 9 nitrogen and oxygen atoms in total. The molecule has 1 aromatic carbocycles. The Hall–Kier alpha value is -3.23. The van der Waals surface area contributed by atoms with E-state index in [0.717, 1.165) is 12.0 Å². The van der Waals surface area contributed by atoms with Crippen molar-refractivity contribution in [3.63, 3.8) is 0 Å². The van der Waals surface area contributed by atoms with Crippen molar-refractivity contribution in [1.29, 1.82) is 0 Å². The Morgan fingerprint density at radius 2 is 1.85 bits per heavy atom. The van der Waals surface area contributed by atoms with Gasteiger partial charge in [0, 0.05) is 37.6 Å². The molecule has 0 atom stereocenters. The van der Waals surface area contributed by atoms with Crippen molar-refractivity contribution in [1.82, 2.24) is 15.2 Å². The van der Waals surface area contributed by atoms with Crippen molar-refractivity contribution in [3.8, 4) is 0 Å². The largest absolute Gasteiger partial charge is 0.342 e. The van der Waals surface area contributed by atoms with Crippen molar-refractivity contribution >= 4 is 35.5 Å². The number of carbonyl (C=O) groups is 4. The Balaban J connectivity index is 1.80. The van der Waals surface area contributed by atoms with Crippen LogP contribution in [-0.2, 0) is 19.2 Å². The zero-order chi connectivity index (χ0) is 19.8. The lowest BCUT2D eigenvalue weighted by atomic mass is 10.2. The topological polar surface area (TPSA) is 111 Å². The van der Waals surface area contributed by atoms with Gasteiger partial charge in [0.05, 0.1) is 6.42 Å². The maximum Gasteiger partial charge on any atom is 0.329 e. The van der Waals surface area contributed by atoms with Crippen LogP contribution in [0.25, 0.3) is 0 Å². The van der Waals surface area contributed by atoms with Crippen molar-refractivity contribution < 1.29 is 19.2 Å². The highest BCUT2D eigenvalue weighted by molar-refractivity contribution is 6.39. The molecule has 1 fully saturated rings. The van der Waals surface area contributed by atoms with Gasteiger partial charge in [-0.1, -0.05) is 12.1 Å². The first kappa shape index (κ1) is 20.1. The molecule has 1 aliphatic heterocycles. The van der Waals surface area contributed by atoms with Crippen molar-refractivity contribution in [2.24, 2.45) is 5.10 Å².